The number of amides is 1. The maximum absolute atomic E-state index is 12.5. The number of hydrogen-bond donors (Lipinski definition) is 1. The lowest BCUT2D eigenvalue weighted by Gasteiger charge is -2.36. The molecule has 104 valence electrons. The molecule has 0 radical (unpaired) electrons. The molecule has 4 heteroatoms. The molecule has 0 aromatic heterocycles. The van der Waals surface area contributed by atoms with Crippen LogP contribution < -0.4 is 5.32 Å². The van der Waals surface area contributed by atoms with Gasteiger partial charge in [-0.3, -0.25) is 9.69 Å². The van der Waals surface area contributed by atoms with Crippen molar-refractivity contribution in [1.29, 1.82) is 0 Å². The monoisotopic (exact) mass is 253 g/mol. The second kappa shape index (κ2) is 6.53. The lowest BCUT2D eigenvalue weighted by Crippen LogP contribution is -2.56. The van der Waals surface area contributed by atoms with E-state index in [9.17, 15) is 4.79 Å². The number of hydrogen-bond acceptors (Lipinski definition) is 3. The minimum Gasteiger partial charge on any atom is -0.339 e. The molecular formula is C14H27N3O. The molecule has 0 spiro atoms. The van der Waals surface area contributed by atoms with Crippen molar-refractivity contribution < 1.29 is 4.79 Å². The number of carbonyl (C=O) groups excluding carboxylic acids is 1. The quantitative estimate of drug-likeness (QED) is 0.799. The van der Waals surface area contributed by atoms with Gasteiger partial charge in [-0.2, -0.15) is 0 Å². The zero-order chi connectivity index (χ0) is 13.0. The number of nitrogens with zero attached hydrogens (tertiary/aromatic N) is 2. The van der Waals surface area contributed by atoms with Crippen molar-refractivity contribution in [3.05, 3.63) is 0 Å². The summed E-state index contributed by atoms with van der Waals surface area (Å²) >= 11 is 0. The van der Waals surface area contributed by atoms with Gasteiger partial charge >= 0.3 is 0 Å². The molecule has 4 nitrogen and oxygen atoms in total. The first kappa shape index (κ1) is 13.8. The van der Waals surface area contributed by atoms with Crippen LogP contribution in [0.25, 0.3) is 0 Å². The summed E-state index contributed by atoms with van der Waals surface area (Å²) < 4.78 is 0. The van der Waals surface area contributed by atoms with E-state index in [0.29, 0.717) is 11.9 Å². The third-order valence-corrected chi connectivity index (χ3v) is 4.23. The Morgan fingerprint density at radius 1 is 1.17 bits per heavy atom. The minimum absolute atomic E-state index is 0.0633. The van der Waals surface area contributed by atoms with Crippen LogP contribution in [0.15, 0.2) is 0 Å². The Bertz CT molecular complexity index is 274. The maximum atomic E-state index is 12.5. The topological polar surface area (TPSA) is 35.6 Å². The molecule has 18 heavy (non-hydrogen) atoms. The van der Waals surface area contributed by atoms with E-state index in [4.69, 9.17) is 0 Å². The van der Waals surface area contributed by atoms with Gasteiger partial charge in [0.05, 0.1) is 6.04 Å². The van der Waals surface area contributed by atoms with Crippen molar-refractivity contribution in [2.75, 3.05) is 32.7 Å². The molecule has 0 saturated carbocycles. The van der Waals surface area contributed by atoms with Crippen molar-refractivity contribution in [2.45, 2.75) is 51.6 Å². The largest absolute Gasteiger partial charge is 0.339 e. The molecular weight excluding hydrogens is 226 g/mol. The standard InChI is InChI=1S/C14H27N3O/c1-12-11-17(10-7-15-12)14(18)13(2)16-8-5-3-4-6-9-16/h12-13,15H,3-11H2,1-2H3. The molecule has 2 aliphatic heterocycles. The fraction of sp³-hybridized carbons (Fsp3) is 0.929. The van der Waals surface area contributed by atoms with Gasteiger partial charge in [-0.05, 0) is 39.8 Å². The second-order valence-corrected chi connectivity index (χ2v) is 5.77. The molecule has 2 aliphatic rings. The number of piperazine rings is 1. The van der Waals surface area contributed by atoms with Gasteiger partial charge in [0, 0.05) is 25.7 Å². The maximum Gasteiger partial charge on any atom is 0.239 e. The van der Waals surface area contributed by atoms with Gasteiger partial charge in [0.25, 0.3) is 0 Å². The average molecular weight is 253 g/mol. The summed E-state index contributed by atoms with van der Waals surface area (Å²) in [6, 6.07) is 0.493. The van der Waals surface area contributed by atoms with Crippen molar-refractivity contribution in [1.82, 2.24) is 15.1 Å². The SMILES string of the molecule is CC1CN(C(=O)C(C)N2CCCCCC2)CCN1. The summed E-state index contributed by atoms with van der Waals surface area (Å²) in [7, 11) is 0. The van der Waals surface area contributed by atoms with Crippen LogP contribution >= 0.6 is 0 Å². The van der Waals surface area contributed by atoms with Crippen LogP contribution in [0.2, 0.25) is 0 Å². The van der Waals surface area contributed by atoms with E-state index in [1.54, 1.807) is 0 Å². The van der Waals surface area contributed by atoms with Crippen molar-refractivity contribution in [3.63, 3.8) is 0 Å². The fourth-order valence-electron chi connectivity index (χ4n) is 3.04. The van der Waals surface area contributed by atoms with Gasteiger partial charge in [0.2, 0.25) is 5.91 Å². The highest BCUT2D eigenvalue weighted by Gasteiger charge is 2.28. The Morgan fingerprint density at radius 3 is 2.44 bits per heavy atom. The van der Waals surface area contributed by atoms with Gasteiger partial charge in [-0.1, -0.05) is 12.8 Å². The average Bonchev–Trinajstić information content (AvgIpc) is 2.66. The van der Waals surface area contributed by atoms with Crippen LogP contribution in [0.1, 0.15) is 39.5 Å². The van der Waals surface area contributed by atoms with Gasteiger partial charge in [-0.25, -0.2) is 0 Å². The summed E-state index contributed by atoms with van der Waals surface area (Å²) in [6.07, 6.45) is 5.13. The summed E-state index contributed by atoms with van der Waals surface area (Å²) in [5.41, 5.74) is 0. The lowest BCUT2D eigenvalue weighted by molar-refractivity contribution is -0.137. The highest BCUT2D eigenvalue weighted by molar-refractivity contribution is 5.81. The zero-order valence-electron chi connectivity index (χ0n) is 11.8. The Balaban J connectivity index is 1.90. The summed E-state index contributed by atoms with van der Waals surface area (Å²) in [5.74, 6) is 0.324. The van der Waals surface area contributed by atoms with Crippen LogP contribution in [0, 0.1) is 0 Å². The Hall–Kier alpha value is -0.610. The predicted octanol–water partition coefficient (Wildman–Crippen LogP) is 1.07. The molecule has 2 unspecified atom stereocenters. The van der Waals surface area contributed by atoms with Crippen LogP contribution in [0.4, 0.5) is 0 Å². The van der Waals surface area contributed by atoms with Crippen molar-refractivity contribution >= 4 is 5.91 Å². The third-order valence-electron chi connectivity index (χ3n) is 4.23. The van der Waals surface area contributed by atoms with Gasteiger partial charge in [-0.15, -0.1) is 0 Å². The molecule has 1 N–H and O–H groups in total. The molecule has 2 rings (SSSR count). The first-order chi connectivity index (χ1) is 8.68. The summed E-state index contributed by atoms with van der Waals surface area (Å²) in [6.45, 7) is 9.07. The molecule has 0 aliphatic carbocycles. The van der Waals surface area contributed by atoms with Crippen LogP contribution in [-0.2, 0) is 4.79 Å². The van der Waals surface area contributed by atoms with Crippen molar-refractivity contribution in [2.24, 2.45) is 0 Å². The van der Waals surface area contributed by atoms with Gasteiger partial charge in [0.1, 0.15) is 0 Å². The number of rotatable bonds is 2. The van der Waals surface area contributed by atoms with Crippen molar-refractivity contribution in [3.8, 4) is 0 Å². The van der Waals surface area contributed by atoms with Gasteiger partial charge < -0.3 is 10.2 Å². The van der Waals surface area contributed by atoms with E-state index in [1.165, 1.54) is 25.7 Å². The number of likely N-dealkylation sites (tertiary alicyclic amines) is 1. The fourth-order valence-corrected chi connectivity index (χ4v) is 3.04. The smallest absolute Gasteiger partial charge is 0.239 e. The highest BCUT2D eigenvalue weighted by atomic mass is 16.2. The van der Waals surface area contributed by atoms with Crippen LogP contribution in [0.3, 0.4) is 0 Å². The first-order valence-electron chi connectivity index (χ1n) is 7.44. The highest BCUT2D eigenvalue weighted by Crippen LogP contribution is 2.14. The van der Waals surface area contributed by atoms with Gasteiger partial charge in [0.15, 0.2) is 0 Å². The minimum atomic E-state index is 0.0633. The molecule has 0 bridgehead atoms. The van der Waals surface area contributed by atoms with Crippen LogP contribution in [-0.4, -0.2) is 60.5 Å². The zero-order valence-corrected chi connectivity index (χ0v) is 11.8. The molecule has 1 amide bonds. The first-order valence-corrected chi connectivity index (χ1v) is 7.44. The number of nitrogens with one attached hydrogen (secondary N) is 1. The van der Waals surface area contributed by atoms with E-state index in [1.807, 2.05) is 4.90 Å². The molecule has 0 aromatic rings. The molecule has 2 atom stereocenters. The van der Waals surface area contributed by atoms with E-state index >= 15 is 0 Å². The van der Waals surface area contributed by atoms with E-state index in [0.717, 1.165) is 32.7 Å². The Labute approximate surface area is 111 Å². The molecule has 2 saturated heterocycles. The predicted molar refractivity (Wildman–Crippen MR) is 73.5 cm³/mol. The third kappa shape index (κ3) is 3.45. The lowest BCUT2D eigenvalue weighted by atomic mass is 10.1. The van der Waals surface area contributed by atoms with E-state index < -0.39 is 0 Å². The number of carbonyl (C=O) groups is 1. The summed E-state index contributed by atoms with van der Waals surface area (Å²) in [5, 5.41) is 3.39. The van der Waals surface area contributed by atoms with Crippen LogP contribution in [0.5, 0.6) is 0 Å². The molecule has 2 fully saturated rings. The van der Waals surface area contributed by atoms with E-state index in [2.05, 4.69) is 24.1 Å². The second-order valence-electron chi connectivity index (χ2n) is 5.77. The van der Waals surface area contributed by atoms with E-state index in [-0.39, 0.29) is 6.04 Å². The Morgan fingerprint density at radius 2 is 1.83 bits per heavy atom. The Kier molecular flexibility index (Phi) is 5.01. The molecule has 2 heterocycles. The summed E-state index contributed by atoms with van der Waals surface area (Å²) in [4.78, 5) is 16.9. The normalized spacial score (nSPS) is 28.8. The molecule has 0 aromatic carbocycles.